The Labute approximate surface area is 93.9 Å². The maximum Gasteiger partial charge on any atom is 0.303 e. The van der Waals surface area contributed by atoms with E-state index in [-0.39, 0.29) is 18.1 Å². The quantitative estimate of drug-likeness (QED) is 0.839. The fraction of sp³-hybridized carbons (Fsp3) is 0.417. The van der Waals surface area contributed by atoms with E-state index in [0.717, 1.165) is 5.56 Å². The first-order valence-electron chi connectivity index (χ1n) is 5.07. The van der Waals surface area contributed by atoms with Gasteiger partial charge in [0.25, 0.3) is 0 Å². The SMILES string of the molecule is COc1ccc(CC(C)CC(=O)O)cc1F. The predicted molar refractivity (Wildman–Crippen MR) is 58.1 cm³/mol. The van der Waals surface area contributed by atoms with E-state index in [0.29, 0.717) is 6.42 Å². The highest BCUT2D eigenvalue weighted by Crippen LogP contribution is 2.20. The molecule has 88 valence electrons. The van der Waals surface area contributed by atoms with Gasteiger partial charge < -0.3 is 9.84 Å². The van der Waals surface area contributed by atoms with E-state index in [9.17, 15) is 9.18 Å². The van der Waals surface area contributed by atoms with Crippen molar-refractivity contribution in [2.75, 3.05) is 7.11 Å². The first-order valence-corrected chi connectivity index (χ1v) is 5.07. The van der Waals surface area contributed by atoms with Gasteiger partial charge >= 0.3 is 5.97 Å². The molecule has 0 saturated heterocycles. The van der Waals surface area contributed by atoms with Gasteiger partial charge in [0.05, 0.1) is 7.11 Å². The van der Waals surface area contributed by atoms with Crippen molar-refractivity contribution < 1.29 is 19.0 Å². The third-order valence-electron chi connectivity index (χ3n) is 2.32. The van der Waals surface area contributed by atoms with Crippen molar-refractivity contribution in [1.29, 1.82) is 0 Å². The van der Waals surface area contributed by atoms with Crippen molar-refractivity contribution in [3.05, 3.63) is 29.6 Å². The topological polar surface area (TPSA) is 46.5 Å². The smallest absolute Gasteiger partial charge is 0.303 e. The highest BCUT2D eigenvalue weighted by Gasteiger charge is 2.10. The molecule has 0 aliphatic heterocycles. The summed E-state index contributed by atoms with van der Waals surface area (Å²) in [7, 11) is 1.41. The molecule has 0 radical (unpaired) electrons. The molecule has 0 aliphatic rings. The third kappa shape index (κ3) is 3.53. The van der Waals surface area contributed by atoms with Gasteiger partial charge in [-0.05, 0) is 30.0 Å². The second kappa shape index (κ2) is 5.49. The van der Waals surface area contributed by atoms with Crippen LogP contribution in [0.25, 0.3) is 0 Å². The first-order chi connectivity index (χ1) is 7.52. The summed E-state index contributed by atoms with van der Waals surface area (Å²) in [5, 5.41) is 8.60. The lowest BCUT2D eigenvalue weighted by Crippen LogP contribution is -2.07. The largest absolute Gasteiger partial charge is 0.494 e. The number of aliphatic carboxylic acids is 1. The van der Waals surface area contributed by atoms with E-state index >= 15 is 0 Å². The van der Waals surface area contributed by atoms with Gasteiger partial charge in [-0.2, -0.15) is 0 Å². The Kier molecular flexibility index (Phi) is 4.28. The highest BCUT2D eigenvalue weighted by atomic mass is 19.1. The van der Waals surface area contributed by atoms with Gasteiger partial charge in [0.1, 0.15) is 0 Å². The van der Waals surface area contributed by atoms with Gasteiger partial charge in [-0.3, -0.25) is 4.79 Å². The Balaban J connectivity index is 2.67. The third-order valence-corrected chi connectivity index (χ3v) is 2.32. The molecular weight excluding hydrogens is 211 g/mol. The Bertz CT molecular complexity index is 377. The van der Waals surface area contributed by atoms with Gasteiger partial charge in [0, 0.05) is 6.42 Å². The second-order valence-corrected chi connectivity index (χ2v) is 3.88. The molecule has 0 aromatic heterocycles. The number of ether oxygens (including phenoxy) is 1. The Morgan fingerprint density at radius 2 is 2.25 bits per heavy atom. The van der Waals surface area contributed by atoms with Crippen LogP contribution in [0.5, 0.6) is 5.75 Å². The standard InChI is InChI=1S/C12H15FO3/c1-8(6-12(14)15)5-9-3-4-11(16-2)10(13)7-9/h3-4,7-8H,5-6H2,1-2H3,(H,14,15). The van der Waals surface area contributed by atoms with Crippen LogP contribution in [0.3, 0.4) is 0 Å². The molecule has 1 rings (SSSR count). The van der Waals surface area contributed by atoms with E-state index < -0.39 is 11.8 Å². The van der Waals surface area contributed by atoms with E-state index in [1.807, 2.05) is 6.92 Å². The fourth-order valence-corrected chi connectivity index (χ4v) is 1.61. The van der Waals surface area contributed by atoms with Gasteiger partial charge in [-0.1, -0.05) is 13.0 Å². The van der Waals surface area contributed by atoms with Crippen LogP contribution in [0, 0.1) is 11.7 Å². The van der Waals surface area contributed by atoms with Crippen molar-refractivity contribution >= 4 is 5.97 Å². The van der Waals surface area contributed by atoms with Crippen molar-refractivity contribution in [3.8, 4) is 5.75 Å². The Hall–Kier alpha value is -1.58. The molecule has 0 amide bonds. The second-order valence-electron chi connectivity index (χ2n) is 3.88. The number of hydrogen-bond acceptors (Lipinski definition) is 2. The van der Waals surface area contributed by atoms with Crippen LogP contribution >= 0.6 is 0 Å². The van der Waals surface area contributed by atoms with E-state index in [1.165, 1.54) is 13.2 Å². The summed E-state index contributed by atoms with van der Waals surface area (Å²) in [5.41, 5.74) is 0.784. The van der Waals surface area contributed by atoms with Crippen molar-refractivity contribution in [3.63, 3.8) is 0 Å². The minimum absolute atomic E-state index is 0.00899. The van der Waals surface area contributed by atoms with Gasteiger partial charge in [0.2, 0.25) is 0 Å². The molecule has 0 spiro atoms. The number of benzene rings is 1. The lowest BCUT2D eigenvalue weighted by atomic mass is 9.98. The lowest BCUT2D eigenvalue weighted by molar-refractivity contribution is -0.137. The predicted octanol–water partition coefficient (Wildman–Crippen LogP) is 2.49. The fourth-order valence-electron chi connectivity index (χ4n) is 1.61. The number of halogens is 1. The molecule has 0 fully saturated rings. The number of methoxy groups -OCH3 is 1. The average Bonchev–Trinajstić information content (AvgIpc) is 2.16. The van der Waals surface area contributed by atoms with Crippen LogP contribution in [-0.4, -0.2) is 18.2 Å². The summed E-state index contributed by atoms with van der Waals surface area (Å²) in [6, 6.07) is 4.69. The maximum atomic E-state index is 13.3. The molecule has 3 nitrogen and oxygen atoms in total. The Morgan fingerprint density at radius 3 is 2.75 bits per heavy atom. The van der Waals surface area contributed by atoms with E-state index in [2.05, 4.69) is 0 Å². The number of carboxylic acid groups (broad SMARTS) is 1. The van der Waals surface area contributed by atoms with Crippen LogP contribution in [0.15, 0.2) is 18.2 Å². The van der Waals surface area contributed by atoms with Crippen molar-refractivity contribution in [1.82, 2.24) is 0 Å². The summed E-state index contributed by atoms with van der Waals surface area (Å²) >= 11 is 0. The lowest BCUT2D eigenvalue weighted by Gasteiger charge is -2.09. The maximum absolute atomic E-state index is 13.3. The molecule has 1 aromatic carbocycles. The molecule has 0 saturated carbocycles. The van der Waals surface area contributed by atoms with Crippen LogP contribution in [0.4, 0.5) is 4.39 Å². The summed E-state index contributed by atoms with van der Waals surface area (Å²) in [4.78, 5) is 10.5. The molecule has 16 heavy (non-hydrogen) atoms. The minimum atomic E-state index is -0.832. The molecule has 0 aliphatic carbocycles. The van der Waals surface area contributed by atoms with Gasteiger partial charge in [-0.15, -0.1) is 0 Å². The van der Waals surface area contributed by atoms with Gasteiger partial charge in [0.15, 0.2) is 11.6 Å². The Morgan fingerprint density at radius 1 is 1.56 bits per heavy atom. The summed E-state index contributed by atoms with van der Waals surface area (Å²) in [5.74, 6) is -1.05. The summed E-state index contributed by atoms with van der Waals surface area (Å²) in [6.07, 6.45) is 0.640. The van der Waals surface area contributed by atoms with Crippen LogP contribution < -0.4 is 4.74 Å². The first kappa shape index (κ1) is 12.5. The van der Waals surface area contributed by atoms with Crippen molar-refractivity contribution in [2.45, 2.75) is 19.8 Å². The normalized spacial score (nSPS) is 12.2. The number of carboxylic acids is 1. The van der Waals surface area contributed by atoms with Crippen LogP contribution in [0.2, 0.25) is 0 Å². The number of hydrogen-bond donors (Lipinski definition) is 1. The minimum Gasteiger partial charge on any atom is -0.494 e. The molecule has 1 atom stereocenters. The number of carbonyl (C=O) groups is 1. The highest BCUT2D eigenvalue weighted by molar-refractivity contribution is 5.67. The number of rotatable bonds is 5. The van der Waals surface area contributed by atoms with Crippen molar-refractivity contribution in [2.24, 2.45) is 5.92 Å². The monoisotopic (exact) mass is 226 g/mol. The average molecular weight is 226 g/mol. The molecule has 0 bridgehead atoms. The zero-order valence-corrected chi connectivity index (χ0v) is 9.37. The van der Waals surface area contributed by atoms with Gasteiger partial charge in [-0.25, -0.2) is 4.39 Å². The van der Waals surface area contributed by atoms with E-state index in [1.54, 1.807) is 12.1 Å². The molecule has 4 heteroatoms. The zero-order valence-electron chi connectivity index (χ0n) is 9.37. The van der Waals surface area contributed by atoms with Crippen LogP contribution in [-0.2, 0) is 11.2 Å². The molecular formula is C12H15FO3. The molecule has 1 aromatic rings. The van der Waals surface area contributed by atoms with E-state index in [4.69, 9.17) is 9.84 Å². The molecule has 1 unspecified atom stereocenters. The summed E-state index contributed by atoms with van der Waals surface area (Å²) < 4.78 is 18.1. The molecule has 1 N–H and O–H groups in total. The zero-order chi connectivity index (χ0) is 12.1. The van der Waals surface area contributed by atoms with Crippen LogP contribution in [0.1, 0.15) is 18.9 Å². The molecule has 0 heterocycles. The summed E-state index contributed by atoms with van der Waals surface area (Å²) in [6.45, 7) is 1.83.